The highest BCUT2D eigenvalue weighted by molar-refractivity contribution is 5.89. The van der Waals surface area contributed by atoms with Gasteiger partial charge in [0, 0.05) is 65.3 Å². The van der Waals surface area contributed by atoms with E-state index < -0.39 is 0 Å². The molecule has 0 radical (unpaired) electrons. The Morgan fingerprint density at radius 1 is 0.452 bits per heavy atom. The Bertz CT molecular complexity index is 979. The molecule has 0 heterocycles. The second kappa shape index (κ2) is 23.2. The number of hydrogen-bond donors (Lipinski definition) is 3. The van der Waals surface area contributed by atoms with Crippen LogP contribution in [0.15, 0.2) is 63.3 Å². The summed E-state index contributed by atoms with van der Waals surface area (Å²) in [5, 5.41) is 8.11. The second-order valence-corrected chi connectivity index (χ2v) is 9.09. The van der Waals surface area contributed by atoms with Gasteiger partial charge in [-0.3, -0.25) is 28.8 Å². The molecule has 0 bridgehead atoms. The van der Waals surface area contributed by atoms with Crippen molar-refractivity contribution in [3.8, 4) is 0 Å². The van der Waals surface area contributed by atoms with Gasteiger partial charge in [0.15, 0.2) is 0 Å². The number of nitrogens with zero attached hydrogens (tertiary/aromatic N) is 3. The highest BCUT2D eigenvalue weighted by atomic mass is 16.2. The van der Waals surface area contributed by atoms with Crippen LogP contribution in [-0.4, -0.2) is 109 Å². The Hall–Kier alpha value is -4.48. The maximum Gasteiger partial charge on any atom is 0.245 e. The van der Waals surface area contributed by atoms with Gasteiger partial charge in [0.25, 0.3) is 0 Å². The Labute approximate surface area is 249 Å². The number of hydrogen-bond acceptors (Lipinski definition) is 6. The molecular weight excluding hydrogens is 540 g/mol. The largest absolute Gasteiger partial charge is 0.356 e. The zero-order valence-corrected chi connectivity index (χ0v) is 24.6. The van der Waals surface area contributed by atoms with Crippen molar-refractivity contribution < 1.29 is 28.8 Å². The van der Waals surface area contributed by atoms with Gasteiger partial charge in [-0.2, -0.15) is 0 Å². The summed E-state index contributed by atoms with van der Waals surface area (Å²) in [5.74, 6) is -1.61. The highest BCUT2D eigenvalue weighted by Crippen LogP contribution is 2.02. The molecule has 0 unspecified atom stereocenters. The minimum absolute atomic E-state index is 0.0796. The molecule has 3 N–H and O–H groups in total. The number of carbonyl (C=O) groups is 6. The first-order chi connectivity index (χ1) is 20.1. The maximum absolute atomic E-state index is 12.4. The topological polar surface area (TPSA) is 148 Å². The van der Waals surface area contributed by atoms with Crippen LogP contribution in [0.1, 0.15) is 32.1 Å². The molecule has 0 aliphatic heterocycles. The summed E-state index contributed by atoms with van der Waals surface area (Å²) in [7, 11) is 0. The van der Waals surface area contributed by atoms with Crippen molar-refractivity contribution >= 4 is 35.4 Å². The molecule has 12 heteroatoms. The first-order valence-electron chi connectivity index (χ1n) is 13.9. The fraction of sp³-hybridized carbons (Fsp3) is 0.467. The van der Waals surface area contributed by atoms with Crippen molar-refractivity contribution in [3.05, 3.63) is 63.3 Å². The summed E-state index contributed by atoms with van der Waals surface area (Å²) < 4.78 is 0. The molecule has 0 spiro atoms. The molecule has 0 fully saturated rings. The fourth-order valence-electron chi connectivity index (χ4n) is 3.77. The summed E-state index contributed by atoms with van der Waals surface area (Å²) in [6.45, 7) is 20.6. The third-order valence-electron chi connectivity index (χ3n) is 6.03. The molecule has 0 aromatic heterocycles. The van der Waals surface area contributed by atoms with Gasteiger partial charge >= 0.3 is 0 Å². The van der Waals surface area contributed by atoms with E-state index in [4.69, 9.17) is 0 Å². The molecule has 0 rings (SSSR count). The lowest BCUT2D eigenvalue weighted by atomic mass is 10.2. The lowest BCUT2D eigenvalue weighted by Crippen LogP contribution is -2.38. The van der Waals surface area contributed by atoms with Gasteiger partial charge in [-0.05, 0) is 56.1 Å². The molecule has 0 aliphatic carbocycles. The SMILES string of the molecule is C=CC(=O)NCCCN(CCCNC(=O)CCN(CCCN(CCCNC(=O)C=C)C(=O)C=C)C(=O)C=C)C(=O)C=C. The molecule has 0 aromatic rings. The van der Waals surface area contributed by atoms with Gasteiger partial charge in [0.2, 0.25) is 35.4 Å². The van der Waals surface area contributed by atoms with Gasteiger partial charge < -0.3 is 30.7 Å². The molecule has 0 aromatic carbocycles. The minimum atomic E-state index is -0.320. The van der Waals surface area contributed by atoms with Crippen LogP contribution >= 0.6 is 0 Å². The van der Waals surface area contributed by atoms with Crippen molar-refractivity contribution in [2.24, 2.45) is 0 Å². The van der Waals surface area contributed by atoms with Gasteiger partial charge in [-0.1, -0.05) is 32.9 Å². The quantitative estimate of drug-likeness (QED) is 0.112. The molecule has 0 atom stereocenters. The first kappa shape index (κ1) is 37.5. The summed E-state index contributed by atoms with van der Waals surface area (Å²) in [6, 6.07) is 0. The zero-order valence-electron chi connectivity index (χ0n) is 24.6. The number of carbonyl (C=O) groups excluding carboxylic acids is 6. The van der Waals surface area contributed by atoms with E-state index >= 15 is 0 Å². The summed E-state index contributed by atoms with van der Waals surface area (Å²) in [4.78, 5) is 76.3. The van der Waals surface area contributed by atoms with E-state index in [0.29, 0.717) is 78.0 Å². The highest BCUT2D eigenvalue weighted by Gasteiger charge is 2.15. The minimum Gasteiger partial charge on any atom is -0.356 e. The van der Waals surface area contributed by atoms with Crippen LogP contribution in [0, 0.1) is 0 Å². The number of rotatable bonds is 24. The summed E-state index contributed by atoms with van der Waals surface area (Å²) >= 11 is 0. The predicted molar refractivity (Wildman–Crippen MR) is 163 cm³/mol. The average molecular weight is 587 g/mol. The Morgan fingerprint density at radius 3 is 1.14 bits per heavy atom. The average Bonchev–Trinajstić information content (AvgIpc) is 3.00. The lowest BCUT2D eigenvalue weighted by Gasteiger charge is -2.25. The molecular formula is C30H46N6O6. The zero-order chi connectivity index (χ0) is 31.8. The second-order valence-electron chi connectivity index (χ2n) is 9.09. The van der Waals surface area contributed by atoms with E-state index in [1.54, 1.807) is 9.80 Å². The van der Waals surface area contributed by atoms with E-state index in [-0.39, 0.29) is 48.4 Å². The van der Waals surface area contributed by atoms with Gasteiger partial charge in [-0.15, -0.1) is 0 Å². The summed E-state index contributed by atoms with van der Waals surface area (Å²) in [6.07, 6.45) is 8.16. The van der Waals surface area contributed by atoms with Crippen molar-refractivity contribution in [1.29, 1.82) is 0 Å². The van der Waals surface area contributed by atoms with E-state index in [0.717, 1.165) is 0 Å². The molecule has 232 valence electrons. The fourth-order valence-corrected chi connectivity index (χ4v) is 3.77. The smallest absolute Gasteiger partial charge is 0.245 e. The normalized spacial score (nSPS) is 9.90. The van der Waals surface area contributed by atoms with Gasteiger partial charge in [0.1, 0.15) is 0 Å². The van der Waals surface area contributed by atoms with Gasteiger partial charge in [0.05, 0.1) is 0 Å². The standard InChI is InChI=1S/C30H46N6O6/c1-6-25(37)31-16-11-19-34(28(40)8-3)20-13-18-33-27(39)15-24-36(30(42)10-5)23-14-22-35(29(41)9-4)21-12-17-32-26(38)7-2/h6-10H,1-5,11-24H2,(H,31,37)(H,32,38)(H,33,39). The Morgan fingerprint density at radius 2 is 0.786 bits per heavy atom. The van der Waals surface area contributed by atoms with E-state index in [2.05, 4.69) is 48.8 Å². The molecule has 0 saturated heterocycles. The van der Waals surface area contributed by atoms with E-state index in [1.165, 1.54) is 35.3 Å². The third-order valence-corrected chi connectivity index (χ3v) is 6.03. The van der Waals surface area contributed by atoms with Crippen LogP contribution in [0.4, 0.5) is 0 Å². The van der Waals surface area contributed by atoms with Crippen LogP contribution in [0.25, 0.3) is 0 Å². The Balaban J connectivity index is 4.61. The van der Waals surface area contributed by atoms with Crippen LogP contribution in [0.3, 0.4) is 0 Å². The lowest BCUT2D eigenvalue weighted by molar-refractivity contribution is -0.128. The molecule has 6 amide bonds. The van der Waals surface area contributed by atoms with Crippen molar-refractivity contribution in [2.75, 3.05) is 58.9 Å². The van der Waals surface area contributed by atoms with Crippen molar-refractivity contribution in [3.63, 3.8) is 0 Å². The summed E-state index contributed by atoms with van der Waals surface area (Å²) in [5.41, 5.74) is 0. The third kappa shape index (κ3) is 17.3. The first-order valence-corrected chi connectivity index (χ1v) is 13.9. The molecule has 0 aliphatic rings. The molecule has 42 heavy (non-hydrogen) atoms. The predicted octanol–water partition coefficient (Wildman–Crippen LogP) is 0.701. The maximum atomic E-state index is 12.4. The Kier molecular flexibility index (Phi) is 20.8. The van der Waals surface area contributed by atoms with Crippen LogP contribution in [-0.2, 0) is 28.8 Å². The molecule has 0 saturated carbocycles. The monoisotopic (exact) mass is 586 g/mol. The van der Waals surface area contributed by atoms with Crippen molar-refractivity contribution in [1.82, 2.24) is 30.7 Å². The van der Waals surface area contributed by atoms with Crippen LogP contribution in [0.2, 0.25) is 0 Å². The van der Waals surface area contributed by atoms with Gasteiger partial charge in [-0.25, -0.2) is 0 Å². The molecule has 12 nitrogen and oxygen atoms in total. The van der Waals surface area contributed by atoms with Crippen molar-refractivity contribution in [2.45, 2.75) is 32.1 Å². The van der Waals surface area contributed by atoms with Crippen LogP contribution in [0.5, 0.6) is 0 Å². The number of nitrogens with one attached hydrogen (secondary N) is 3. The van der Waals surface area contributed by atoms with E-state index in [1.807, 2.05) is 0 Å². The van der Waals surface area contributed by atoms with E-state index in [9.17, 15) is 28.8 Å². The number of amides is 6. The van der Waals surface area contributed by atoms with Crippen LogP contribution < -0.4 is 16.0 Å².